The van der Waals surface area contributed by atoms with Gasteiger partial charge in [0.2, 0.25) is 0 Å². The van der Waals surface area contributed by atoms with Gasteiger partial charge in [-0.15, -0.1) is 0 Å². The number of hydrogen-bond donors (Lipinski definition) is 0. The van der Waals surface area contributed by atoms with Crippen LogP contribution >= 0.6 is 0 Å². The number of rotatable bonds is 3. The maximum atomic E-state index is 2.46. The minimum absolute atomic E-state index is 1.16. The molecule has 0 amide bonds. The van der Waals surface area contributed by atoms with Crippen LogP contribution in [-0.2, 0) is 0 Å². The molecule has 0 aliphatic carbocycles. The highest BCUT2D eigenvalue weighted by molar-refractivity contribution is 6.44. The average molecular weight is 548 g/mol. The Balaban J connectivity index is 1.56. The minimum atomic E-state index is 1.16. The van der Waals surface area contributed by atoms with Crippen LogP contribution in [0.1, 0.15) is 11.1 Å². The molecule has 0 unspecified atom stereocenters. The first-order valence-corrected chi connectivity index (χ1v) is 15.0. The van der Waals surface area contributed by atoms with Gasteiger partial charge in [0, 0.05) is 27.5 Å². The van der Waals surface area contributed by atoms with Gasteiger partial charge in [-0.2, -0.15) is 0 Å². The predicted octanol–water partition coefficient (Wildman–Crippen LogP) is 12.1. The van der Waals surface area contributed by atoms with Gasteiger partial charge in [-0.3, -0.25) is 0 Å². The molecule has 0 atom stereocenters. The third-order valence-electron chi connectivity index (χ3n) is 9.26. The van der Waals surface area contributed by atoms with E-state index in [1.54, 1.807) is 0 Å². The average Bonchev–Trinajstić information content (AvgIpc) is 3.05. The Hall–Kier alpha value is -5.40. The van der Waals surface area contributed by atoms with Crippen LogP contribution in [0.4, 0.5) is 17.1 Å². The first kappa shape index (κ1) is 24.2. The molecule has 0 saturated carbocycles. The van der Waals surface area contributed by atoms with Gasteiger partial charge in [0.05, 0.1) is 5.69 Å². The Morgan fingerprint density at radius 2 is 0.814 bits per heavy atom. The Bertz CT molecular complexity index is 2460. The predicted molar refractivity (Wildman–Crippen MR) is 187 cm³/mol. The summed E-state index contributed by atoms with van der Waals surface area (Å²) in [6.45, 7) is 4.31. The van der Waals surface area contributed by atoms with Crippen LogP contribution in [0.5, 0.6) is 0 Å². The van der Waals surface area contributed by atoms with Crippen LogP contribution in [0, 0.1) is 13.8 Å². The summed E-state index contributed by atoms with van der Waals surface area (Å²) < 4.78 is 0. The molecule has 1 nitrogen and oxygen atoms in total. The smallest absolute Gasteiger partial charge is 0.0619 e. The molecule has 0 fully saturated rings. The van der Waals surface area contributed by atoms with Crippen molar-refractivity contribution in [2.24, 2.45) is 0 Å². The van der Waals surface area contributed by atoms with Crippen molar-refractivity contribution in [3.63, 3.8) is 0 Å². The zero-order valence-electron chi connectivity index (χ0n) is 24.2. The van der Waals surface area contributed by atoms with Crippen molar-refractivity contribution < 1.29 is 0 Å². The number of fused-ring (bicyclic) bond motifs is 6. The topological polar surface area (TPSA) is 3.24 Å². The number of benzene rings is 9. The Morgan fingerprint density at radius 3 is 1.51 bits per heavy atom. The van der Waals surface area contributed by atoms with Crippen LogP contribution < -0.4 is 4.90 Å². The molecule has 9 aromatic rings. The van der Waals surface area contributed by atoms with E-state index in [1.165, 1.54) is 81.4 Å². The van der Waals surface area contributed by atoms with Crippen LogP contribution in [0.2, 0.25) is 0 Å². The third-order valence-corrected chi connectivity index (χ3v) is 9.26. The molecule has 1 heteroatoms. The summed E-state index contributed by atoms with van der Waals surface area (Å²) in [6.07, 6.45) is 0. The van der Waals surface area contributed by atoms with Crippen LogP contribution in [-0.4, -0.2) is 0 Å². The Kier molecular flexibility index (Phi) is 5.10. The number of nitrogens with zero attached hydrogens (tertiary/aromatic N) is 1. The molecule has 0 heterocycles. The maximum Gasteiger partial charge on any atom is 0.0619 e. The van der Waals surface area contributed by atoms with Crippen molar-refractivity contribution >= 4 is 81.7 Å². The Morgan fingerprint density at radius 1 is 0.349 bits per heavy atom. The van der Waals surface area contributed by atoms with Gasteiger partial charge >= 0.3 is 0 Å². The molecule has 0 spiro atoms. The normalized spacial score (nSPS) is 12.0. The number of aryl methyl sites for hydroxylation is 2. The van der Waals surface area contributed by atoms with E-state index in [0.29, 0.717) is 0 Å². The molecular weight excluding hydrogens is 518 g/mol. The van der Waals surface area contributed by atoms with E-state index < -0.39 is 0 Å². The summed E-state index contributed by atoms with van der Waals surface area (Å²) >= 11 is 0. The number of anilines is 3. The molecule has 9 aromatic carbocycles. The quantitative estimate of drug-likeness (QED) is 0.157. The molecule has 0 radical (unpaired) electrons. The molecule has 0 bridgehead atoms. The second-order valence-electron chi connectivity index (χ2n) is 11.9. The second-order valence-corrected chi connectivity index (χ2v) is 11.9. The van der Waals surface area contributed by atoms with E-state index in [9.17, 15) is 0 Å². The highest BCUT2D eigenvalue weighted by Gasteiger charge is 2.24. The lowest BCUT2D eigenvalue weighted by Crippen LogP contribution is -2.11. The van der Waals surface area contributed by atoms with Gasteiger partial charge in [0.25, 0.3) is 0 Å². The lowest BCUT2D eigenvalue weighted by atomic mass is 9.84. The third kappa shape index (κ3) is 3.46. The van der Waals surface area contributed by atoms with Crippen LogP contribution in [0.15, 0.2) is 140 Å². The fourth-order valence-electron chi connectivity index (χ4n) is 7.33. The van der Waals surface area contributed by atoms with Gasteiger partial charge in [0.15, 0.2) is 0 Å². The van der Waals surface area contributed by atoms with E-state index in [2.05, 4.69) is 158 Å². The summed E-state index contributed by atoms with van der Waals surface area (Å²) in [7, 11) is 0. The number of hydrogen-bond acceptors (Lipinski definition) is 1. The zero-order valence-corrected chi connectivity index (χ0v) is 24.2. The van der Waals surface area contributed by atoms with Gasteiger partial charge in [-0.25, -0.2) is 0 Å². The SMILES string of the molecule is Cc1ccc(N(c2ccc(C)cc2)c2c3ccccc3c3c4c2cccc4c2cccc4cc5ccccc5c3c42)cc1. The molecule has 9 rings (SSSR count). The summed E-state index contributed by atoms with van der Waals surface area (Å²) in [4.78, 5) is 2.46. The molecule has 43 heavy (non-hydrogen) atoms. The zero-order chi connectivity index (χ0) is 28.7. The van der Waals surface area contributed by atoms with Crippen molar-refractivity contribution in [2.45, 2.75) is 13.8 Å². The van der Waals surface area contributed by atoms with Gasteiger partial charge in [-0.05, 0) is 92.7 Å². The van der Waals surface area contributed by atoms with E-state index in [-0.39, 0.29) is 0 Å². The second kappa shape index (κ2) is 9.05. The summed E-state index contributed by atoms with van der Waals surface area (Å²) in [6, 6.07) is 51.8. The van der Waals surface area contributed by atoms with Crippen molar-refractivity contribution in [3.8, 4) is 0 Å². The van der Waals surface area contributed by atoms with Crippen molar-refractivity contribution in [1.29, 1.82) is 0 Å². The first-order valence-electron chi connectivity index (χ1n) is 15.0. The lowest BCUT2D eigenvalue weighted by Gasteiger charge is -2.30. The molecule has 0 aliphatic heterocycles. The first-order chi connectivity index (χ1) is 21.2. The molecule has 0 aromatic heterocycles. The highest BCUT2D eigenvalue weighted by atomic mass is 15.1. The summed E-state index contributed by atoms with van der Waals surface area (Å²) in [5.41, 5.74) is 6.05. The van der Waals surface area contributed by atoms with E-state index in [4.69, 9.17) is 0 Å². The fourth-order valence-corrected chi connectivity index (χ4v) is 7.33. The summed E-state index contributed by atoms with van der Waals surface area (Å²) in [5, 5.41) is 15.7. The standard InChI is InChI=1S/C42H29N/c1-26-17-21-30(22-18-26)43(31-23-19-27(2)20-24-31)42-36-13-6-5-12-35(36)41-39-34(15-8-16-37(39)42)33-14-7-10-29-25-28-9-3-4-11-32(28)40(41)38(29)33/h3-25H,1-2H3. The van der Waals surface area contributed by atoms with E-state index >= 15 is 0 Å². The molecule has 0 aliphatic rings. The maximum absolute atomic E-state index is 2.46. The Labute approximate surface area is 250 Å². The van der Waals surface area contributed by atoms with Gasteiger partial charge < -0.3 is 4.90 Å². The van der Waals surface area contributed by atoms with Gasteiger partial charge in [-0.1, -0.05) is 120 Å². The minimum Gasteiger partial charge on any atom is -0.309 e. The van der Waals surface area contributed by atoms with Crippen molar-refractivity contribution in [1.82, 2.24) is 0 Å². The van der Waals surface area contributed by atoms with E-state index in [1.807, 2.05) is 0 Å². The van der Waals surface area contributed by atoms with Crippen molar-refractivity contribution in [3.05, 3.63) is 151 Å². The highest BCUT2D eigenvalue weighted by Crippen LogP contribution is 2.51. The monoisotopic (exact) mass is 547 g/mol. The molecule has 0 N–H and O–H groups in total. The van der Waals surface area contributed by atoms with Crippen LogP contribution in [0.25, 0.3) is 64.6 Å². The lowest BCUT2D eigenvalue weighted by molar-refractivity contribution is 1.29. The van der Waals surface area contributed by atoms with Crippen LogP contribution in [0.3, 0.4) is 0 Å². The van der Waals surface area contributed by atoms with Gasteiger partial charge in [0.1, 0.15) is 0 Å². The summed E-state index contributed by atoms with van der Waals surface area (Å²) in [5.74, 6) is 0. The van der Waals surface area contributed by atoms with Crippen molar-refractivity contribution in [2.75, 3.05) is 4.90 Å². The molecule has 202 valence electrons. The fraction of sp³-hybridized carbons (Fsp3) is 0.0476. The molecular formula is C42H29N. The molecule has 0 saturated heterocycles. The van der Waals surface area contributed by atoms with E-state index in [0.717, 1.165) is 11.4 Å². The largest absolute Gasteiger partial charge is 0.309 e.